The Morgan fingerprint density at radius 1 is 1.14 bits per heavy atom. The van der Waals surface area contributed by atoms with Gasteiger partial charge in [0.25, 0.3) is 5.78 Å². The van der Waals surface area contributed by atoms with Gasteiger partial charge < -0.3 is 9.80 Å². The number of aryl methyl sites for hydroxylation is 2. The number of para-hydroxylation sites is 1. The molecule has 3 aromatic rings. The van der Waals surface area contributed by atoms with E-state index in [4.69, 9.17) is 0 Å². The lowest BCUT2D eigenvalue weighted by Crippen LogP contribution is -2.49. The summed E-state index contributed by atoms with van der Waals surface area (Å²) in [5.41, 5.74) is 3.50. The first-order chi connectivity index (χ1) is 13.5. The lowest BCUT2D eigenvalue weighted by atomic mass is 10.1. The van der Waals surface area contributed by atoms with E-state index in [0.29, 0.717) is 50.5 Å². The van der Waals surface area contributed by atoms with Crippen molar-refractivity contribution in [3.63, 3.8) is 0 Å². The average Bonchev–Trinajstić information content (AvgIpc) is 3.17. The van der Waals surface area contributed by atoms with Gasteiger partial charge in [0.05, 0.1) is 5.69 Å². The van der Waals surface area contributed by atoms with Crippen LogP contribution in [0.25, 0.3) is 5.78 Å². The van der Waals surface area contributed by atoms with Gasteiger partial charge in [-0.15, -0.1) is 0 Å². The lowest BCUT2D eigenvalue weighted by molar-refractivity contribution is -0.131. The number of hydrogen-bond acceptors (Lipinski definition) is 5. The summed E-state index contributed by atoms with van der Waals surface area (Å²) in [7, 11) is 0. The van der Waals surface area contributed by atoms with Crippen LogP contribution in [0.15, 0.2) is 30.6 Å². The van der Waals surface area contributed by atoms with Crippen molar-refractivity contribution in [1.29, 1.82) is 0 Å². The normalized spacial score (nSPS) is 14.7. The highest BCUT2D eigenvalue weighted by Crippen LogP contribution is 2.21. The average molecular weight is 382 g/mol. The van der Waals surface area contributed by atoms with Crippen molar-refractivity contribution in [3.05, 3.63) is 53.4 Å². The molecule has 1 fully saturated rings. The third kappa shape index (κ3) is 3.42. The van der Waals surface area contributed by atoms with Crippen molar-refractivity contribution in [2.24, 2.45) is 0 Å². The lowest BCUT2D eigenvalue weighted by Gasteiger charge is -2.36. The fourth-order valence-electron chi connectivity index (χ4n) is 3.81. The minimum absolute atomic E-state index is 0.116. The van der Waals surface area contributed by atoms with Crippen LogP contribution >= 0.6 is 0 Å². The summed E-state index contributed by atoms with van der Waals surface area (Å²) in [6, 6.07) is 6.78. The highest BCUT2D eigenvalue weighted by molar-refractivity contribution is 5.77. The van der Waals surface area contributed by atoms with Gasteiger partial charge in [0.2, 0.25) is 5.91 Å². The molecular weight excluding hydrogens is 359 g/mol. The fourth-order valence-corrected chi connectivity index (χ4v) is 3.81. The number of nitrogens with zero attached hydrogens (tertiary/aromatic N) is 6. The van der Waals surface area contributed by atoms with Gasteiger partial charge in [0.15, 0.2) is 0 Å². The second-order valence-electron chi connectivity index (χ2n) is 7.05. The maximum absolute atomic E-state index is 14.0. The van der Waals surface area contributed by atoms with Crippen LogP contribution in [0.4, 0.5) is 10.1 Å². The number of benzene rings is 1. The van der Waals surface area contributed by atoms with Gasteiger partial charge in [-0.1, -0.05) is 12.1 Å². The molecule has 0 bridgehead atoms. The molecule has 0 atom stereocenters. The summed E-state index contributed by atoms with van der Waals surface area (Å²) in [5.74, 6) is 0.476. The van der Waals surface area contributed by atoms with Crippen LogP contribution in [0.1, 0.15) is 23.4 Å². The Balaban J connectivity index is 1.37. The second-order valence-corrected chi connectivity index (χ2v) is 7.05. The Bertz CT molecular complexity index is 1010. The summed E-state index contributed by atoms with van der Waals surface area (Å²) in [6.45, 7) is 6.39. The van der Waals surface area contributed by atoms with E-state index in [0.717, 1.165) is 17.0 Å². The minimum Gasteiger partial charge on any atom is -0.366 e. The molecule has 1 aromatic carbocycles. The predicted octanol–water partition coefficient (Wildman–Crippen LogP) is 2.16. The van der Waals surface area contributed by atoms with Crippen LogP contribution in [-0.4, -0.2) is 56.6 Å². The summed E-state index contributed by atoms with van der Waals surface area (Å²) >= 11 is 0. The Hall–Kier alpha value is -3.03. The van der Waals surface area contributed by atoms with E-state index in [1.54, 1.807) is 16.6 Å². The second kappa shape index (κ2) is 7.53. The number of anilines is 1. The molecule has 0 N–H and O–H groups in total. The molecule has 3 heterocycles. The maximum Gasteiger partial charge on any atom is 0.252 e. The molecule has 1 saturated heterocycles. The highest BCUT2D eigenvalue weighted by atomic mass is 19.1. The van der Waals surface area contributed by atoms with Crippen molar-refractivity contribution in [2.75, 3.05) is 31.1 Å². The van der Waals surface area contributed by atoms with Gasteiger partial charge >= 0.3 is 0 Å². The van der Waals surface area contributed by atoms with Crippen LogP contribution < -0.4 is 4.90 Å². The van der Waals surface area contributed by atoms with Gasteiger partial charge in [-0.05, 0) is 38.0 Å². The highest BCUT2D eigenvalue weighted by Gasteiger charge is 2.23. The van der Waals surface area contributed by atoms with Crippen LogP contribution in [0.2, 0.25) is 0 Å². The van der Waals surface area contributed by atoms with Crippen LogP contribution in [0.5, 0.6) is 0 Å². The zero-order valence-electron chi connectivity index (χ0n) is 16.1. The summed E-state index contributed by atoms with van der Waals surface area (Å²) in [5, 5.41) is 4.19. The number of amides is 1. The Kier molecular flexibility index (Phi) is 4.93. The van der Waals surface area contributed by atoms with Gasteiger partial charge in [-0.25, -0.2) is 13.9 Å². The monoisotopic (exact) mass is 382 g/mol. The third-order valence-electron chi connectivity index (χ3n) is 5.40. The quantitative estimate of drug-likeness (QED) is 0.692. The Labute approximate surface area is 162 Å². The molecular formula is C20H23FN6O. The zero-order chi connectivity index (χ0) is 19.7. The van der Waals surface area contributed by atoms with Crippen molar-refractivity contribution >= 4 is 17.4 Å². The van der Waals surface area contributed by atoms with Gasteiger partial charge in [0, 0.05) is 44.0 Å². The molecule has 1 aliphatic heterocycles. The van der Waals surface area contributed by atoms with Crippen LogP contribution in [0.3, 0.4) is 0 Å². The first-order valence-electron chi connectivity index (χ1n) is 9.47. The summed E-state index contributed by atoms with van der Waals surface area (Å²) in [6.07, 6.45) is 2.52. The molecule has 0 radical (unpaired) electrons. The van der Waals surface area contributed by atoms with E-state index in [1.165, 1.54) is 12.4 Å². The van der Waals surface area contributed by atoms with Crippen LogP contribution in [0, 0.1) is 19.7 Å². The van der Waals surface area contributed by atoms with E-state index < -0.39 is 0 Å². The van der Waals surface area contributed by atoms with Crippen molar-refractivity contribution in [1.82, 2.24) is 24.5 Å². The number of halogens is 1. The predicted molar refractivity (Wildman–Crippen MR) is 104 cm³/mol. The molecule has 1 amide bonds. The molecule has 7 nitrogen and oxygen atoms in total. The molecule has 0 aliphatic carbocycles. The minimum atomic E-state index is -0.218. The van der Waals surface area contributed by atoms with Gasteiger partial charge in [-0.2, -0.15) is 10.1 Å². The zero-order valence-corrected chi connectivity index (χ0v) is 16.1. The van der Waals surface area contributed by atoms with Crippen molar-refractivity contribution < 1.29 is 9.18 Å². The smallest absolute Gasteiger partial charge is 0.252 e. The molecule has 2 aromatic heterocycles. The molecule has 28 heavy (non-hydrogen) atoms. The van der Waals surface area contributed by atoms with Gasteiger partial charge in [0.1, 0.15) is 12.1 Å². The molecule has 1 aliphatic rings. The number of carbonyl (C=O) groups excluding carboxylic acids is 1. The van der Waals surface area contributed by atoms with Gasteiger partial charge in [-0.3, -0.25) is 4.79 Å². The van der Waals surface area contributed by atoms with Crippen molar-refractivity contribution in [2.45, 2.75) is 26.7 Å². The third-order valence-corrected chi connectivity index (χ3v) is 5.40. The Morgan fingerprint density at radius 3 is 2.64 bits per heavy atom. The number of carbonyl (C=O) groups is 1. The van der Waals surface area contributed by atoms with E-state index in [1.807, 2.05) is 29.7 Å². The Morgan fingerprint density at radius 2 is 1.89 bits per heavy atom. The molecule has 8 heteroatoms. The van der Waals surface area contributed by atoms with Crippen molar-refractivity contribution in [3.8, 4) is 0 Å². The molecule has 0 saturated carbocycles. The topological polar surface area (TPSA) is 66.6 Å². The number of piperazine rings is 1. The van der Waals surface area contributed by atoms with E-state index in [2.05, 4.69) is 15.1 Å². The number of rotatable bonds is 4. The van der Waals surface area contributed by atoms with Crippen LogP contribution in [-0.2, 0) is 11.2 Å². The largest absolute Gasteiger partial charge is 0.366 e. The first kappa shape index (κ1) is 18.3. The maximum atomic E-state index is 14.0. The molecule has 146 valence electrons. The fraction of sp³-hybridized carbons (Fsp3) is 0.400. The molecule has 0 unspecified atom stereocenters. The molecule has 0 spiro atoms. The van der Waals surface area contributed by atoms with E-state index >= 15 is 0 Å². The summed E-state index contributed by atoms with van der Waals surface area (Å²) in [4.78, 5) is 25.1. The number of aromatic nitrogens is 4. The van der Waals surface area contributed by atoms with E-state index in [9.17, 15) is 9.18 Å². The standard InChI is InChI=1S/C20H23FN6O/c1-14-16(15(2)27-20(24-14)22-13-23-27)7-8-19(28)26-11-9-25(10-12-26)18-6-4-3-5-17(18)21/h3-6,13H,7-12H2,1-2H3. The number of fused-ring (bicyclic) bond motifs is 1. The number of hydrogen-bond donors (Lipinski definition) is 0. The van der Waals surface area contributed by atoms with E-state index in [-0.39, 0.29) is 11.7 Å². The SMILES string of the molecule is Cc1nc2ncnn2c(C)c1CCC(=O)N1CCN(c2ccccc2F)CC1. The molecule has 4 rings (SSSR count). The first-order valence-corrected chi connectivity index (χ1v) is 9.47. The summed E-state index contributed by atoms with van der Waals surface area (Å²) < 4.78 is 15.7.